The first-order valence-corrected chi connectivity index (χ1v) is 8.38. The summed E-state index contributed by atoms with van der Waals surface area (Å²) in [5.74, 6) is 3.69. The molecular weight excluding hydrogens is 306 g/mol. The van der Waals surface area contributed by atoms with Crippen LogP contribution in [0.3, 0.4) is 0 Å². The molecule has 1 saturated heterocycles. The van der Waals surface area contributed by atoms with E-state index >= 15 is 0 Å². The Morgan fingerprint density at radius 2 is 2.17 bits per heavy atom. The molecule has 1 fully saturated rings. The maximum absolute atomic E-state index is 12.2. The number of aromatic amines is 1. The van der Waals surface area contributed by atoms with Crippen LogP contribution in [0.25, 0.3) is 0 Å². The Labute approximate surface area is 141 Å². The monoisotopic (exact) mass is 329 g/mol. The van der Waals surface area contributed by atoms with Gasteiger partial charge in [0, 0.05) is 31.7 Å². The molecule has 8 heteroatoms. The van der Waals surface area contributed by atoms with Gasteiger partial charge in [0.1, 0.15) is 5.82 Å². The van der Waals surface area contributed by atoms with Gasteiger partial charge in [-0.3, -0.25) is 9.89 Å². The smallest absolute Gasteiger partial charge is 0.290 e. The fourth-order valence-corrected chi connectivity index (χ4v) is 2.96. The molecule has 0 bridgehead atoms. The second-order valence-corrected chi connectivity index (χ2v) is 6.51. The molecule has 0 saturated carbocycles. The first-order valence-electron chi connectivity index (χ1n) is 8.38. The Hall–Kier alpha value is -2.27. The van der Waals surface area contributed by atoms with E-state index in [1.54, 1.807) is 0 Å². The summed E-state index contributed by atoms with van der Waals surface area (Å²) in [7, 11) is 2.12. The molecule has 24 heavy (non-hydrogen) atoms. The van der Waals surface area contributed by atoms with Gasteiger partial charge in [-0.25, -0.2) is 4.98 Å². The van der Waals surface area contributed by atoms with Crippen molar-refractivity contribution >= 4 is 5.91 Å². The van der Waals surface area contributed by atoms with E-state index in [1.807, 2.05) is 0 Å². The van der Waals surface area contributed by atoms with Crippen LogP contribution in [0, 0.1) is 12.3 Å². The first-order chi connectivity index (χ1) is 11.6. The predicted molar refractivity (Wildman–Crippen MR) is 88.5 cm³/mol. The molecule has 0 radical (unpaired) electrons. The number of piperidine rings is 1. The molecule has 2 aliphatic heterocycles. The standard InChI is InChI=1S/C16H23N7O/c1-3-4-7-16(21-22-16)8-9-17-15(24)14-18-13(19-20-14)12-5-10-23(2)11-6-12/h1,12H,4-11H2,2H3,(H,17,24)(H,18,19,20). The molecule has 2 N–H and O–H groups in total. The second kappa shape index (κ2) is 7.09. The number of amides is 1. The fourth-order valence-electron chi connectivity index (χ4n) is 2.96. The summed E-state index contributed by atoms with van der Waals surface area (Å²) in [5, 5.41) is 17.9. The van der Waals surface area contributed by atoms with E-state index in [2.05, 4.69) is 48.6 Å². The molecule has 0 aliphatic carbocycles. The van der Waals surface area contributed by atoms with Crippen molar-refractivity contribution in [1.82, 2.24) is 25.4 Å². The number of carbonyl (C=O) groups excluding carboxylic acids is 1. The summed E-state index contributed by atoms with van der Waals surface area (Å²) in [5.41, 5.74) is -0.377. The summed E-state index contributed by atoms with van der Waals surface area (Å²) >= 11 is 0. The van der Waals surface area contributed by atoms with Crippen LogP contribution in [0.5, 0.6) is 0 Å². The zero-order valence-electron chi connectivity index (χ0n) is 14.0. The zero-order chi connectivity index (χ0) is 17.0. The number of hydrogen-bond acceptors (Lipinski definition) is 6. The zero-order valence-corrected chi connectivity index (χ0v) is 14.0. The van der Waals surface area contributed by atoms with Gasteiger partial charge in [0.15, 0.2) is 5.66 Å². The summed E-state index contributed by atoms with van der Waals surface area (Å²) < 4.78 is 0. The SMILES string of the molecule is C#CCCC1(CCNC(=O)c2n[nH]c(C3CCN(C)CC3)n2)N=N1. The van der Waals surface area contributed by atoms with E-state index in [4.69, 9.17) is 6.42 Å². The van der Waals surface area contributed by atoms with Crippen molar-refractivity contribution in [2.24, 2.45) is 10.2 Å². The number of aromatic nitrogens is 3. The van der Waals surface area contributed by atoms with Crippen LogP contribution >= 0.6 is 0 Å². The number of carbonyl (C=O) groups is 1. The highest BCUT2D eigenvalue weighted by molar-refractivity contribution is 5.90. The third-order valence-electron chi connectivity index (χ3n) is 4.67. The van der Waals surface area contributed by atoms with Gasteiger partial charge >= 0.3 is 0 Å². The molecule has 128 valence electrons. The fraction of sp³-hybridized carbons (Fsp3) is 0.688. The van der Waals surface area contributed by atoms with Crippen molar-refractivity contribution in [1.29, 1.82) is 0 Å². The van der Waals surface area contributed by atoms with E-state index < -0.39 is 0 Å². The minimum absolute atomic E-state index is 0.200. The highest BCUT2D eigenvalue weighted by Crippen LogP contribution is 2.36. The molecule has 1 aromatic rings. The van der Waals surface area contributed by atoms with Gasteiger partial charge in [-0.05, 0) is 33.0 Å². The minimum Gasteiger partial charge on any atom is -0.349 e. The topological polar surface area (TPSA) is 98.6 Å². The van der Waals surface area contributed by atoms with E-state index in [0.717, 1.165) is 38.2 Å². The molecule has 3 rings (SSSR count). The Balaban J connectivity index is 1.45. The van der Waals surface area contributed by atoms with Crippen molar-refractivity contribution in [3.63, 3.8) is 0 Å². The lowest BCUT2D eigenvalue weighted by molar-refractivity contribution is 0.0941. The molecule has 3 heterocycles. The average Bonchev–Trinajstić information content (AvgIpc) is 3.17. The Bertz CT molecular complexity index is 646. The maximum Gasteiger partial charge on any atom is 0.290 e. The maximum atomic E-state index is 12.2. The van der Waals surface area contributed by atoms with Gasteiger partial charge in [0.2, 0.25) is 5.82 Å². The van der Waals surface area contributed by atoms with E-state index in [9.17, 15) is 4.79 Å². The Morgan fingerprint density at radius 3 is 2.83 bits per heavy atom. The van der Waals surface area contributed by atoms with Gasteiger partial charge < -0.3 is 10.2 Å². The van der Waals surface area contributed by atoms with Crippen molar-refractivity contribution in [2.45, 2.75) is 43.7 Å². The average molecular weight is 329 g/mol. The molecule has 0 unspecified atom stereocenters. The lowest BCUT2D eigenvalue weighted by Gasteiger charge is -2.27. The Morgan fingerprint density at radius 1 is 1.42 bits per heavy atom. The van der Waals surface area contributed by atoms with Gasteiger partial charge in [0.05, 0.1) is 0 Å². The predicted octanol–water partition coefficient (Wildman–Crippen LogP) is 1.31. The van der Waals surface area contributed by atoms with Gasteiger partial charge in [-0.1, -0.05) is 0 Å². The molecule has 1 amide bonds. The minimum atomic E-state index is -0.377. The van der Waals surface area contributed by atoms with Crippen LogP contribution in [-0.2, 0) is 0 Å². The van der Waals surface area contributed by atoms with Crippen molar-refractivity contribution < 1.29 is 4.79 Å². The molecule has 2 aliphatic rings. The molecule has 0 atom stereocenters. The quantitative estimate of drug-likeness (QED) is 0.737. The molecular formula is C16H23N7O. The van der Waals surface area contributed by atoms with Crippen LogP contribution < -0.4 is 5.32 Å². The van der Waals surface area contributed by atoms with Gasteiger partial charge in [0.25, 0.3) is 5.91 Å². The van der Waals surface area contributed by atoms with Crippen molar-refractivity contribution in [2.75, 3.05) is 26.7 Å². The highest BCUT2D eigenvalue weighted by atomic mass is 16.2. The molecule has 0 spiro atoms. The second-order valence-electron chi connectivity index (χ2n) is 6.51. The van der Waals surface area contributed by atoms with Gasteiger partial charge in [-0.15, -0.1) is 17.4 Å². The third-order valence-corrected chi connectivity index (χ3v) is 4.67. The summed E-state index contributed by atoms with van der Waals surface area (Å²) in [6.45, 7) is 2.56. The van der Waals surface area contributed by atoms with Crippen LogP contribution in [-0.4, -0.2) is 58.3 Å². The number of nitrogens with one attached hydrogen (secondary N) is 2. The summed E-state index contributed by atoms with van der Waals surface area (Å²) in [6.07, 6.45) is 9.37. The lowest BCUT2D eigenvalue weighted by atomic mass is 9.97. The number of hydrogen-bond donors (Lipinski definition) is 2. The lowest BCUT2D eigenvalue weighted by Crippen LogP contribution is -2.30. The number of likely N-dealkylation sites (tertiary alicyclic amines) is 1. The Kier molecular flexibility index (Phi) is 4.90. The van der Waals surface area contributed by atoms with Crippen molar-refractivity contribution in [3.8, 4) is 12.3 Å². The van der Waals surface area contributed by atoms with E-state index in [1.165, 1.54) is 0 Å². The number of H-pyrrole nitrogens is 1. The molecule has 8 nitrogen and oxygen atoms in total. The third kappa shape index (κ3) is 3.97. The molecule has 0 aromatic carbocycles. The largest absolute Gasteiger partial charge is 0.349 e. The summed E-state index contributed by atoms with van der Waals surface area (Å²) in [6, 6.07) is 0. The van der Waals surface area contributed by atoms with Gasteiger partial charge in [-0.2, -0.15) is 10.2 Å². The number of nitrogens with zero attached hydrogens (tertiary/aromatic N) is 5. The normalized spacial score (nSPS) is 19.8. The van der Waals surface area contributed by atoms with E-state index in [0.29, 0.717) is 25.3 Å². The number of terminal acetylenes is 1. The first kappa shape index (κ1) is 16.6. The van der Waals surface area contributed by atoms with Crippen LogP contribution in [0.1, 0.15) is 54.5 Å². The van der Waals surface area contributed by atoms with Crippen molar-refractivity contribution in [3.05, 3.63) is 11.6 Å². The highest BCUT2D eigenvalue weighted by Gasteiger charge is 2.38. The van der Waals surface area contributed by atoms with Crippen LogP contribution in [0.2, 0.25) is 0 Å². The number of rotatable bonds is 7. The van der Waals surface area contributed by atoms with Crippen LogP contribution in [0.4, 0.5) is 0 Å². The van der Waals surface area contributed by atoms with E-state index in [-0.39, 0.29) is 17.4 Å². The molecule has 1 aromatic heterocycles. The summed E-state index contributed by atoms with van der Waals surface area (Å²) in [4.78, 5) is 18.8. The van der Waals surface area contributed by atoms with Crippen LogP contribution in [0.15, 0.2) is 10.2 Å².